The minimum absolute atomic E-state index is 0.0276. The van der Waals surface area contributed by atoms with Gasteiger partial charge >= 0.3 is 23.9 Å². The second-order valence-electron chi connectivity index (χ2n) is 18.5. The fourth-order valence-electron chi connectivity index (χ4n) is 8.04. The second-order valence-corrected chi connectivity index (χ2v) is 18.5. The van der Waals surface area contributed by atoms with E-state index in [1.165, 1.54) is 12.2 Å². The first kappa shape index (κ1) is 44.7. The quantitative estimate of drug-likeness (QED) is 0.117. The molecule has 0 radical (unpaired) electrons. The van der Waals surface area contributed by atoms with Crippen molar-refractivity contribution in [3.8, 4) is 0 Å². The van der Waals surface area contributed by atoms with Crippen molar-refractivity contribution in [2.24, 2.45) is 17.3 Å². The second kappa shape index (κ2) is 18.1. The molecule has 2 saturated heterocycles. The first-order valence-electron chi connectivity index (χ1n) is 21.4. The molecule has 5 aliphatic rings. The molecule has 3 aliphatic carbocycles. The van der Waals surface area contributed by atoms with Crippen LogP contribution >= 0.6 is 0 Å². The number of fused-ring (bicyclic) bond motifs is 1. The fraction of sp³-hybridized carbons (Fsp3) is 0.532. The van der Waals surface area contributed by atoms with Crippen LogP contribution in [0.4, 0.5) is 0 Å². The van der Waals surface area contributed by atoms with Gasteiger partial charge < -0.3 is 44.2 Å². The summed E-state index contributed by atoms with van der Waals surface area (Å²) in [5, 5.41) is 15.6. The van der Waals surface area contributed by atoms with Gasteiger partial charge in [0.15, 0.2) is 5.79 Å². The summed E-state index contributed by atoms with van der Waals surface area (Å²) in [5.41, 5.74) is 0.923. The van der Waals surface area contributed by atoms with E-state index in [-0.39, 0.29) is 62.3 Å². The molecule has 2 aromatic rings. The third-order valence-electron chi connectivity index (χ3n) is 11.6. The topological polar surface area (TPSA) is 202 Å². The molecule has 15 nitrogen and oxygen atoms in total. The molecule has 7 rings (SSSR count). The molecular formula is C47H56N2O13. The molecular weight excluding hydrogens is 801 g/mol. The van der Waals surface area contributed by atoms with E-state index >= 15 is 0 Å². The van der Waals surface area contributed by atoms with E-state index in [0.717, 1.165) is 25.7 Å². The normalized spacial score (nSPS) is 24.3. The number of aliphatic hydroxyl groups is 1. The number of hydrogen-bond donors (Lipinski definition) is 3. The Morgan fingerprint density at radius 3 is 2.27 bits per heavy atom. The molecule has 2 aromatic carbocycles. The Morgan fingerprint density at radius 2 is 1.65 bits per heavy atom. The van der Waals surface area contributed by atoms with Gasteiger partial charge in [-0.15, -0.1) is 0 Å². The lowest BCUT2D eigenvalue weighted by Gasteiger charge is -2.31. The molecule has 332 valence electrons. The largest absolute Gasteiger partial charge is 0.462 e. The Labute approximate surface area is 360 Å². The first-order valence-corrected chi connectivity index (χ1v) is 21.4. The van der Waals surface area contributed by atoms with Crippen LogP contribution in [-0.4, -0.2) is 95.9 Å². The first-order chi connectivity index (χ1) is 29.4. The highest BCUT2D eigenvalue weighted by Crippen LogP contribution is 2.59. The third kappa shape index (κ3) is 10.8. The number of cyclic esters (lactones) is 1. The van der Waals surface area contributed by atoms with Crippen LogP contribution in [0, 0.1) is 17.3 Å². The molecule has 15 heteroatoms. The maximum atomic E-state index is 13.8. The van der Waals surface area contributed by atoms with Gasteiger partial charge in [0.05, 0.1) is 18.2 Å². The van der Waals surface area contributed by atoms with Crippen LogP contribution in [0.3, 0.4) is 0 Å². The molecule has 62 heavy (non-hydrogen) atoms. The van der Waals surface area contributed by atoms with Crippen molar-refractivity contribution in [1.82, 2.24) is 10.6 Å². The molecule has 2 saturated carbocycles. The zero-order chi connectivity index (χ0) is 44.4. The van der Waals surface area contributed by atoms with Crippen molar-refractivity contribution >= 4 is 41.8 Å². The lowest BCUT2D eigenvalue weighted by atomic mass is 9.90. The van der Waals surface area contributed by atoms with E-state index in [1.807, 2.05) is 0 Å². The van der Waals surface area contributed by atoms with E-state index in [0.29, 0.717) is 22.3 Å². The van der Waals surface area contributed by atoms with Crippen molar-refractivity contribution in [2.75, 3.05) is 13.2 Å². The van der Waals surface area contributed by atoms with Crippen molar-refractivity contribution in [1.29, 1.82) is 0 Å². The minimum Gasteiger partial charge on any atom is -0.462 e. The zero-order valence-corrected chi connectivity index (χ0v) is 35.8. The molecule has 2 amide bonds. The highest BCUT2D eigenvalue weighted by atomic mass is 16.8. The van der Waals surface area contributed by atoms with Crippen LogP contribution in [0.2, 0.25) is 0 Å². The van der Waals surface area contributed by atoms with Crippen LogP contribution in [0.5, 0.6) is 0 Å². The Balaban J connectivity index is 0.977. The average Bonchev–Trinajstić information content (AvgIpc) is 4.18. The van der Waals surface area contributed by atoms with E-state index < -0.39 is 77.0 Å². The number of rotatable bonds is 16. The number of aliphatic hydroxyl groups excluding tert-OH is 1. The number of nitrogens with one attached hydrogen (secondary N) is 2. The van der Waals surface area contributed by atoms with Crippen LogP contribution in [0.15, 0.2) is 66.3 Å². The van der Waals surface area contributed by atoms with Gasteiger partial charge in [0, 0.05) is 53.8 Å². The van der Waals surface area contributed by atoms with Gasteiger partial charge in [-0.1, -0.05) is 38.1 Å². The monoisotopic (exact) mass is 856 g/mol. The predicted molar refractivity (Wildman–Crippen MR) is 222 cm³/mol. The molecule has 0 spiro atoms. The number of esters is 4. The Bertz CT molecular complexity index is 2100. The average molecular weight is 857 g/mol. The van der Waals surface area contributed by atoms with Crippen LogP contribution in [-0.2, 0) is 54.1 Å². The van der Waals surface area contributed by atoms with Crippen molar-refractivity contribution in [2.45, 2.75) is 128 Å². The van der Waals surface area contributed by atoms with Crippen LogP contribution < -0.4 is 10.6 Å². The Hall–Kier alpha value is -5.38. The SMILES string of the molecule is CC(C)(C)OC(=O)CCC(CO)NC(=O)c1cccc(CNC(=O)C2=CC3OC(C4CC4)(C4CC4)OC3C(OC(=O)c3ccc(C=CC(=O)OC4C(=O)OCC4(C)C)cc3)C2)c1. The molecule has 3 N–H and O–H groups in total. The maximum absolute atomic E-state index is 13.8. The molecule has 2 aliphatic heterocycles. The number of ether oxygens (including phenoxy) is 6. The van der Waals surface area contributed by atoms with Crippen molar-refractivity contribution in [3.63, 3.8) is 0 Å². The molecule has 4 fully saturated rings. The summed E-state index contributed by atoms with van der Waals surface area (Å²) in [7, 11) is 0. The number of amides is 2. The van der Waals surface area contributed by atoms with Crippen molar-refractivity contribution in [3.05, 3.63) is 88.5 Å². The van der Waals surface area contributed by atoms with Crippen LogP contribution in [0.1, 0.15) is 111 Å². The van der Waals surface area contributed by atoms with E-state index in [9.17, 15) is 33.9 Å². The predicted octanol–water partition coefficient (Wildman–Crippen LogP) is 4.88. The number of carbonyl (C=O) groups is 6. The molecule has 5 unspecified atom stereocenters. The third-order valence-corrected chi connectivity index (χ3v) is 11.6. The Morgan fingerprint density at radius 1 is 0.935 bits per heavy atom. The molecule has 0 bridgehead atoms. The summed E-state index contributed by atoms with van der Waals surface area (Å²) < 4.78 is 35.2. The number of benzene rings is 2. The lowest BCUT2D eigenvalue weighted by molar-refractivity contribution is -0.209. The summed E-state index contributed by atoms with van der Waals surface area (Å²) in [5.74, 6) is -3.45. The highest BCUT2D eigenvalue weighted by molar-refractivity contribution is 5.96. The summed E-state index contributed by atoms with van der Waals surface area (Å²) in [4.78, 5) is 77.3. The summed E-state index contributed by atoms with van der Waals surface area (Å²) in [6, 6.07) is 12.5. The van der Waals surface area contributed by atoms with E-state index in [2.05, 4.69) is 10.6 Å². The zero-order valence-electron chi connectivity index (χ0n) is 35.8. The van der Waals surface area contributed by atoms with Gasteiger partial charge in [0.25, 0.3) is 5.91 Å². The number of hydrogen-bond acceptors (Lipinski definition) is 13. The fourth-order valence-corrected chi connectivity index (χ4v) is 8.04. The van der Waals surface area contributed by atoms with Gasteiger partial charge in [-0.3, -0.25) is 14.4 Å². The number of carbonyl (C=O) groups excluding carboxylic acids is 6. The smallest absolute Gasteiger partial charge is 0.348 e. The van der Waals surface area contributed by atoms with Gasteiger partial charge in [-0.25, -0.2) is 14.4 Å². The van der Waals surface area contributed by atoms with Crippen LogP contribution in [0.25, 0.3) is 6.08 Å². The summed E-state index contributed by atoms with van der Waals surface area (Å²) in [6.45, 7) is 8.75. The lowest BCUT2D eigenvalue weighted by Crippen LogP contribution is -2.44. The Kier molecular flexibility index (Phi) is 13.1. The molecule has 5 atom stereocenters. The summed E-state index contributed by atoms with van der Waals surface area (Å²) in [6.07, 6.45) is 5.64. The van der Waals surface area contributed by atoms with Gasteiger partial charge in [0.2, 0.25) is 12.0 Å². The minimum atomic E-state index is -0.999. The van der Waals surface area contributed by atoms with E-state index in [4.69, 9.17) is 28.4 Å². The van der Waals surface area contributed by atoms with Gasteiger partial charge in [0.1, 0.15) is 30.5 Å². The molecule has 2 heterocycles. The summed E-state index contributed by atoms with van der Waals surface area (Å²) >= 11 is 0. The molecule has 0 aromatic heterocycles. The standard InChI is InChI=1S/C47H56N2O13/c1-45(2,3)61-38(52)20-18-34(25-50)49-42(54)30-8-6-7-28(21-30)24-48-41(53)31-22-35(39-36(23-31)60-47(62-39,32-14-15-32)33-16-17-33)58-43(55)29-12-9-27(10-13-29)11-19-37(51)59-40-44(56)57-26-46(40,4)5/h6-13,19,21,23,32-36,39-40,50H,14-18,20,22,24-26H2,1-5H3,(H,48,53)(H,49,54). The van der Waals surface area contributed by atoms with Gasteiger partial charge in [-0.05, 0) is 100 Å². The maximum Gasteiger partial charge on any atom is 0.348 e. The van der Waals surface area contributed by atoms with Gasteiger partial charge in [-0.2, -0.15) is 0 Å². The highest BCUT2D eigenvalue weighted by Gasteiger charge is 2.64. The van der Waals surface area contributed by atoms with E-state index in [1.54, 1.807) is 89.2 Å². The van der Waals surface area contributed by atoms with Crippen molar-refractivity contribution < 1.29 is 62.3 Å².